The van der Waals surface area contributed by atoms with E-state index >= 15 is 0 Å². The lowest BCUT2D eigenvalue weighted by molar-refractivity contribution is 0.0885. The number of hydrogen-bond acceptors (Lipinski definition) is 4. The van der Waals surface area contributed by atoms with E-state index in [1.54, 1.807) is 17.0 Å². The third-order valence-electron chi connectivity index (χ3n) is 6.41. The maximum absolute atomic E-state index is 14.2. The molecule has 1 fully saturated rings. The lowest BCUT2D eigenvalue weighted by atomic mass is 9.76. The summed E-state index contributed by atoms with van der Waals surface area (Å²) in [5, 5.41) is 2.46. The van der Waals surface area contributed by atoms with Gasteiger partial charge in [-0.3, -0.25) is 9.59 Å². The van der Waals surface area contributed by atoms with Crippen LogP contribution in [0.1, 0.15) is 45.5 Å². The average molecular weight is 424 g/mol. The highest BCUT2D eigenvalue weighted by Crippen LogP contribution is 2.43. The molecule has 2 aromatic carbocycles. The minimum Gasteiger partial charge on any atom is -0.360 e. The number of nitrogens with one attached hydrogen (secondary N) is 1. The first kappa shape index (κ1) is 20.8. The van der Waals surface area contributed by atoms with Crippen molar-refractivity contribution in [3.8, 4) is 0 Å². The van der Waals surface area contributed by atoms with E-state index in [4.69, 9.17) is 5.73 Å². The SMILES string of the molecule is CNC(=O)c1cc(CN2c3ccccc3C(=O)CC23CCN(C(N)=O)CC3)ccc1F. The summed E-state index contributed by atoms with van der Waals surface area (Å²) in [6, 6.07) is 11.5. The molecule has 2 aromatic rings. The fraction of sp³-hybridized carbons (Fsp3) is 0.348. The number of ketones is 1. The van der Waals surface area contributed by atoms with Crippen LogP contribution in [0.25, 0.3) is 0 Å². The Kier molecular flexibility index (Phi) is 5.39. The summed E-state index contributed by atoms with van der Waals surface area (Å²) >= 11 is 0. The number of amides is 3. The number of Topliss-reactive ketones (excluding diaryl/α,β-unsaturated/α-hetero) is 1. The molecule has 0 aromatic heterocycles. The van der Waals surface area contributed by atoms with Gasteiger partial charge in [-0.2, -0.15) is 0 Å². The van der Waals surface area contributed by atoms with E-state index in [9.17, 15) is 18.8 Å². The molecule has 8 heteroatoms. The highest BCUT2D eigenvalue weighted by molar-refractivity contribution is 6.04. The Labute approximate surface area is 180 Å². The van der Waals surface area contributed by atoms with Gasteiger partial charge in [0.05, 0.1) is 11.1 Å². The first-order chi connectivity index (χ1) is 14.8. The van der Waals surface area contributed by atoms with Gasteiger partial charge < -0.3 is 20.9 Å². The molecule has 2 heterocycles. The van der Waals surface area contributed by atoms with Crippen LogP contribution >= 0.6 is 0 Å². The van der Waals surface area contributed by atoms with Crippen molar-refractivity contribution in [1.82, 2.24) is 10.2 Å². The molecule has 7 nitrogen and oxygen atoms in total. The number of hydrogen-bond donors (Lipinski definition) is 2. The van der Waals surface area contributed by atoms with Crippen LogP contribution in [-0.2, 0) is 6.54 Å². The van der Waals surface area contributed by atoms with Gasteiger partial charge in [-0.05, 0) is 42.7 Å². The summed E-state index contributed by atoms with van der Waals surface area (Å²) in [6.07, 6.45) is 1.53. The molecule has 3 amide bonds. The Morgan fingerprint density at radius 3 is 2.55 bits per heavy atom. The second kappa shape index (κ2) is 8.02. The van der Waals surface area contributed by atoms with Gasteiger partial charge in [-0.15, -0.1) is 0 Å². The van der Waals surface area contributed by atoms with Crippen LogP contribution in [0, 0.1) is 5.82 Å². The maximum Gasteiger partial charge on any atom is 0.314 e. The molecule has 0 saturated carbocycles. The van der Waals surface area contributed by atoms with Crippen LogP contribution in [0.5, 0.6) is 0 Å². The van der Waals surface area contributed by atoms with E-state index < -0.39 is 23.3 Å². The van der Waals surface area contributed by atoms with Crippen LogP contribution in [-0.4, -0.2) is 48.3 Å². The summed E-state index contributed by atoms with van der Waals surface area (Å²) in [6.45, 7) is 1.34. The average Bonchev–Trinajstić information content (AvgIpc) is 2.77. The van der Waals surface area contributed by atoms with Crippen molar-refractivity contribution in [2.45, 2.75) is 31.3 Å². The third kappa shape index (κ3) is 3.73. The topological polar surface area (TPSA) is 95.7 Å². The normalized spacial score (nSPS) is 17.4. The van der Waals surface area contributed by atoms with Crippen molar-refractivity contribution in [3.05, 3.63) is 65.0 Å². The second-order valence-corrected chi connectivity index (χ2v) is 8.15. The molecule has 0 bridgehead atoms. The second-order valence-electron chi connectivity index (χ2n) is 8.15. The molecule has 3 N–H and O–H groups in total. The minimum atomic E-state index is -0.582. The summed E-state index contributed by atoms with van der Waals surface area (Å²) in [5.41, 5.74) is 7.20. The first-order valence-electron chi connectivity index (χ1n) is 10.3. The van der Waals surface area contributed by atoms with E-state index in [2.05, 4.69) is 10.2 Å². The molecule has 0 aliphatic carbocycles. The highest BCUT2D eigenvalue weighted by atomic mass is 19.1. The van der Waals surface area contributed by atoms with Crippen molar-refractivity contribution in [2.24, 2.45) is 5.73 Å². The van der Waals surface area contributed by atoms with Gasteiger partial charge in [0.15, 0.2) is 5.78 Å². The summed E-state index contributed by atoms with van der Waals surface area (Å²) in [7, 11) is 1.46. The van der Waals surface area contributed by atoms with E-state index in [1.165, 1.54) is 13.1 Å². The van der Waals surface area contributed by atoms with Gasteiger partial charge in [-0.1, -0.05) is 18.2 Å². The van der Waals surface area contributed by atoms with Crippen molar-refractivity contribution in [2.75, 3.05) is 25.0 Å². The minimum absolute atomic E-state index is 0.0148. The van der Waals surface area contributed by atoms with Crippen LogP contribution in [0.15, 0.2) is 42.5 Å². The lowest BCUT2D eigenvalue weighted by Crippen LogP contribution is -2.59. The van der Waals surface area contributed by atoms with E-state index in [-0.39, 0.29) is 11.3 Å². The summed E-state index contributed by atoms with van der Waals surface area (Å²) in [4.78, 5) is 40.4. The van der Waals surface area contributed by atoms with Crippen LogP contribution in [0.4, 0.5) is 14.9 Å². The number of primary amides is 1. The fourth-order valence-electron chi connectivity index (χ4n) is 4.69. The Morgan fingerprint density at radius 2 is 1.87 bits per heavy atom. The number of para-hydroxylation sites is 1. The number of halogens is 1. The number of anilines is 1. The van der Waals surface area contributed by atoms with Crippen LogP contribution in [0.2, 0.25) is 0 Å². The smallest absolute Gasteiger partial charge is 0.314 e. The molecule has 31 heavy (non-hydrogen) atoms. The molecule has 2 aliphatic heterocycles. The van der Waals surface area contributed by atoms with E-state index in [0.717, 1.165) is 11.3 Å². The number of piperidine rings is 1. The number of nitrogens with two attached hydrogens (primary N) is 1. The Hall–Kier alpha value is -3.42. The zero-order valence-corrected chi connectivity index (χ0v) is 17.4. The van der Waals surface area contributed by atoms with E-state index in [0.29, 0.717) is 44.5 Å². The zero-order valence-electron chi connectivity index (χ0n) is 17.4. The van der Waals surface area contributed by atoms with Crippen molar-refractivity contribution >= 4 is 23.4 Å². The highest BCUT2D eigenvalue weighted by Gasteiger charge is 2.46. The molecule has 2 aliphatic rings. The van der Waals surface area contributed by atoms with Gasteiger partial charge in [0, 0.05) is 44.4 Å². The number of likely N-dealkylation sites (tertiary alicyclic amines) is 1. The van der Waals surface area contributed by atoms with Crippen molar-refractivity contribution < 1.29 is 18.8 Å². The zero-order chi connectivity index (χ0) is 22.2. The van der Waals surface area contributed by atoms with Crippen molar-refractivity contribution in [1.29, 1.82) is 0 Å². The molecule has 0 atom stereocenters. The van der Waals surface area contributed by atoms with Gasteiger partial charge in [0.25, 0.3) is 5.91 Å². The van der Waals surface area contributed by atoms with Gasteiger partial charge in [-0.25, -0.2) is 9.18 Å². The number of carbonyl (C=O) groups is 3. The van der Waals surface area contributed by atoms with Gasteiger partial charge in [0.2, 0.25) is 0 Å². The number of fused-ring (bicyclic) bond motifs is 1. The van der Waals surface area contributed by atoms with Gasteiger partial charge >= 0.3 is 6.03 Å². The summed E-state index contributed by atoms with van der Waals surface area (Å²) in [5.74, 6) is -0.996. The predicted molar refractivity (Wildman–Crippen MR) is 114 cm³/mol. The monoisotopic (exact) mass is 424 g/mol. The first-order valence-corrected chi connectivity index (χ1v) is 10.3. The maximum atomic E-state index is 14.2. The number of urea groups is 1. The van der Waals surface area contributed by atoms with E-state index in [1.807, 2.05) is 24.3 Å². The molecule has 0 radical (unpaired) electrons. The molecule has 1 saturated heterocycles. The van der Waals surface area contributed by atoms with Crippen LogP contribution < -0.4 is 16.0 Å². The Morgan fingerprint density at radius 1 is 1.16 bits per heavy atom. The molecule has 1 spiro atoms. The number of nitrogens with zero attached hydrogens (tertiary/aromatic N) is 2. The third-order valence-corrected chi connectivity index (χ3v) is 6.41. The lowest BCUT2D eigenvalue weighted by Gasteiger charge is -2.52. The van der Waals surface area contributed by atoms with Gasteiger partial charge in [0.1, 0.15) is 5.82 Å². The molecule has 0 unspecified atom stereocenters. The molecular formula is C23H25FN4O3. The largest absolute Gasteiger partial charge is 0.360 e. The molecule has 162 valence electrons. The number of benzene rings is 2. The fourth-order valence-corrected chi connectivity index (χ4v) is 4.69. The number of rotatable bonds is 3. The Balaban J connectivity index is 1.73. The summed E-state index contributed by atoms with van der Waals surface area (Å²) < 4.78 is 14.2. The van der Waals surface area contributed by atoms with Crippen LogP contribution in [0.3, 0.4) is 0 Å². The van der Waals surface area contributed by atoms with Crippen molar-refractivity contribution in [3.63, 3.8) is 0 Å². The predicted octanol–water partition coefficient (Wildman–Crippen LogP) is 2.69. The quantitative estimate of drug-likeness (QED) is 0.792. The number of carbonyl (C=O) groups excluding carboxylic acids is 3. The Bertz CT molecular complexity index is 1050. The molecule has 4 rings (SSSR count). The standard InChI is InChI=1S/C23H25FN4O3/c1-26-21(30)17-12-15(6-7-18(17)24)14-28-19-5-3-2-4-16(19)20(29)13-23(28)8-10-27(11-9-23)22(25)31/h2-7,12H,8-11,13-14H2,1H3,(H2,25,31)(H,26,30). The molecular weight excluding hydrogens is 399 g/mol.